The molecule has 132 valence electrons. The minimum Gasteiger partial charge on any atom is -0.452 e. The highest BCUT2D eigenvalue weighted by Crippen LogP contribution is 2.29. The predicted octanol–water partition coefficient (Wildman–Crippen LogP) is 4.02. The number of nitrogens with one attached hydrogen (secondary N) is 1. The Morgan fingerprint density at radius 2 is 1.84 bits per heavy atom. The number of halogens is 1. The molecule has 6 heteroatoms. The first kappa shape index (κ1) is 18.8. The number of hydrogen-bond acceptors (Lipinski definition) is 4. The highest BCUT2D eigenvalue weighted by Gasteiger charge is 2.19. The van der Waals surface area contributed by atoms with Crippen LogP contribution in [0.2, 0.25) is 5.02 Å². The topological polar surface area (TPSA) is 81.4 Å². The van der Waals surface area contributed by atoms with E-state index in [1.165, 1.54) is 18.2 Å². The molecule has 0 aromatic heterocycles. The average Bonchev–Trinajstić information content (AvgIpc) is 2.54. The van der Waals surface area contributed by atoms with Gasteiger partial charge in [-0.1, -0.05) is 50.6 Å². The summed E-state index contributed by atoms with van der Waals surface area (Å²) in [5.41, 5.74) is 7.75. The van der Waals surface area contributed by atoms with Gasteiger partial charge in [0.1, 0.15) is 0 Å². The van der Waals surface area contributed by atoms with Gasteiger partial charge in [0.25, 0.3) is 5.91 Å². The molecule has 0 aliphatic heterocycles. The molecule has 1 amide bonds. The van der Waals surface area contributed by atoms with Crippen LogP contribution >= 0.6 is 11.6 Å². The summed E-state index contributed by atoms with van der Waals surface area (Å²) in [6.07, 6.45) is 0. The second-order valence-electron chi connectivity index (χ2n) is 6.66. The fourth-order valence-electron chi connectivity index (χ4n) is 2.32. The molecule has 0 aliphatic carbocycles. The zero-order valence-corrected chi connectivity index (χ0v) is 15.2. The van der Waals surface area contributed by atoms with E-state index < -0.39 is 11.9 Å². The molecule has 0 heterocycles. The van der Waals surface area contributed by atoms with Crippen molar-refractivity contribution in [3.63, 3.8) is 0 Å². The van der Waals surface area contributed by atoms with E-state index in [2.05, 4.69) is 26.1 Å². The summed E-state index contributed by atoms with van der Waals surface area (Å²) >= 11 is 5.81. The third-order valence-corrected chi connectivity index (χ3v) is 3.92. The van der Waals surface area contributed by atoms with Gasteiger partial charge in [0.05, 0.1) is 16.3 Å². The van der Waals surface area contributed by atoms with Crippen molar-refractivity contribution >= 4 is 34.9 Å². The molecule has 0 radical (unpaired) electrons. The van der Waals surface area contributed by atoms with Crippen molar-refractivity contribution in [2.45, 2.75) is 26.2 Å². The molecule has 0 saturated heterocycles. The van der Waals surface area contributed by atoms with Crippen LogP contribution in [-0.2, 0) is 14.9 Å². The second kappa shape index (κ2) is 7.57. The lowest BCUT2D eigenvalue weighted by Crippen LogP contribution is -2.23. The summed E-state index contributed by atoms with van der Waals surface area (Å²) in [6, 6.07) is 11.9. The minimum absolute atomic E-state index is 0.124. The van der Waals surface area contributed by atoms with Gasteiger partial charge < -0.3 is 15.8 Å². The Kier molecular flexibility index (Phi) is 5.69. The highest BCUT2D eigenvalue weighted by atomic mass is 35.5. The smallest absolute Gasteiger partial charge is 0.338 e. The van der Waals surface area contributed by atoms with Gasteiger partial charge in [0.2, 0.25) is 0 Å². The molecule has 0 saturated carbocycles. The summed E-state index contributed by atoms with van der Waals surface area (Å²) < 4.78 is 5.03. The van der Waals surface area contributed by atoms with Gasteiger partial charge in [0, 0.05) is 5.69 Å². The number of para-hydroxylation sites is 1. The number of anilines is 2. The molecule has 0 fully saturated rings. The van der Waals surface area contributed by atoms with Crippen LogP contribution in [0.5, 0.6) is 0 Å². The quantitative estimate of drug-likeness (QED) is 0.637. The van der Waals surface area contributed by atoms with Crippen molar-refractivity contribution in [3.05, 3.63) is 58.6 Å². The molecule has 5 nitrogen and oxygen atoms in total. The van der Waals surface area contributed by atoms with Crippen LogP contribution in [0.1, 0.15) is 36.7 Å². The van der Waals surface area contributed by atoms with Crippen molar-refractivity contribution in [1.82, 2.24) is 0 Å². The molecule has 0 aliphatic rings. The number of esters is 1. The summed E-state index contributed by atoms with van der Waals surface area (Å²) in [6.45, 7) is 5.79. The van der Waals surface area contributed by atoms with Gasteiger partial charge in [-0.05, 0) is 35.2 Å². The number of benzene rings is 2. The molecule has 2 aromatic carbocycles. The number of nitrogens with two attached hydrogens (primary N) is 1. The van der Waals surface area contributed by atoms with Gasteiger partial charge in [-0.15, -0.1) is 0 Å². The van der Waals surface area contributed by atoms with E-state index >= 15 is 0 Å². The molecule has 0 atom stereocenters. The predicted molar refractivity (Wildman–Crippen MR) is 99.9 cm³/mol. The van der Waals surface area contributed by atoms with Crippen molar-refractivity contribution < 1.29 is 14.3 Å². The first-order valence-electron chi connectivity index (χ1n) is 7.80. The Hall–Kier alpha value is -2.53. The Morgan fingerprint density at radius 3 is 2.48 bits per heavy atom. The van der Waals surface area contributed by atoms with E-state index in [-0.39, 0.29) is 23.3 Å². The lowest BCUT2D eigenvalue weighted by atomic mass is 9.86. The molecular weight excluding hydrogens is 340 g/mol. The van der Waals surface area contributed by atoms with Gasteiger partial charge in [-0.2, -0.15) is 0 Å². The van der Waals surface area contributed by atoms with Gasteiger partial charge in [0.15, 0.2) is 6.61 Å². The van der Waals surface area contributed by atoms with Gasteiger partial charge >= 0.3 is 5.97 Å². The number of ether oxygens (including phenoxy) is 1. The Bertz CT molecular complexity index is 797. The molecular formula is C19H21ClN2O3. The van der Waals surface area contributed by atoms with E-state index in [1.54, 1.807) is 0 Å². The summed E-state index contributed by atoms with van der Waals surface area (Å²) in [5, 5.41) is 3.14. The van der Waals surface area contributed by atoms with E-state index in [9.17, 15) is 9.59 Å². The molecule has 0 unspecified atom stereocenters. The largest absolute Gasteiger partial charge is 0.452 e. The monoisotopic (exact) mass is 360 g/mol. The molecule has 25 heavy (non-hydrogen) atoms. The van der Waals surface area contributed by atoms with E-state index in [4.69, 9.17) is 22.1 Å². The Balaban J connectivity index is 1.99. The van der Waals surface area contributed by atoms with E-state index in [0.29, 0.717) is 10.7 Å². The van der Waals surface area contributed by atoms with Crippen LogP contribution in [0, 0.1) is 0 Å². The molecule has 2 rings (SSSR count). The Labute approximate surface area is 152 Å². The van der Waals surface area contributed by atoms with Gasteiger partial charge in [-0.3, -0.25) is 4.79 Å². The summed E-state index contributed by atoms with van der Waals surface area (Å²) in [7, 11) is 0. The van der Waals surface area contributed by atoms with Crippen LogP contribution < -0.4 is 11.1 Å². The number of carbonyl (C=O) groups excluding carboxylic acids is 2. The van der Waals surface area contributed by atoms with Gasteiger partial charge in [-0.25, -0.2) is 4.79 Å². The number of carbonyl (C=O) groups is 2. The number of amides is 1. The molecule has 0 bridgehead atoms. The summed E-state index contributed by atoms with van der Waals surface area (Å²) in [5.74, 6) is -1.05. The normalized spacial score (nSPS) is 11.0. The number of rotatable bonds is 4. The van der Waals surface area contributed by atoms with Crippen LogP contribution in [-0.4, -0.2) is 18.5 Å². The van der Waals surface area contributed by atoms with E-state index in [0.717, 1.165) is 5.56 Å². The number of hydrogen-bond donors (Lipinski definition) is 2. The van der Waals surface area contributed by atoms with Crippen molar-refractivity contribution in [1.29, 1.82) is 0 Å². The standard InChI is InChI=1S/C19H21ClN2O3/c1-19(2,3)13-6-4-5-7-16(13)22-17(23)11-25-18(24)12-8-9-14(20)15(21)10-12/h4-10H,11,21H2,1-3H3,(H,22,23). The minimum atomic E-state index is -0.636. The molecule has 3 N–H and O–H groups in total. The fourth-order valence-corrected chi connectivity index (χ4v) is 2.44. The first-order valence-corrected chi connectivity index (χ1v) is 8.18. The molecule has 2 aromatic rings. The average molecular weight is 361 g/mol. The third kappa shape index (κ3) is 4.97. The van der Waals surface area contributed by atoms with Crippen molar-refractivity contribution in [2.24, 2.45) is 0 Å². The highest BCUT2D eigenvalue weighted by molar-refractivity contribution is 6.33. The zero-order valence-electron chi connectivity index (χ0n) is 14.4. The maximum absolute atomic E-state index is 12.1. The lowest BCUT2D eigenvalue weighted by Gasteiger charge is -2.22. The van der Waals surface area contributed by atoms with Crippen LogP contribution in [0.4, 0.5) is 11.4 Å². The summed E-state index contributed by atoms with van der Waals surface area (Å²) in [4.78, 5) is 24.1. The van der Waals surface area contributed by atoms with E-state index in [1.807, 2.05) is 24.3 Å². The lowest BCUT2D eigenvalue weighted by molar-refractivity contribution is -0.119. The van der Waals surface area contributed by atoms with Crippen LogP contribution in [0.25, 0.3) is 0 Å². The van der Waals surface area contributed by atoms with Crippen LogP contribution in [0.3, 0.4) is 0 Å². The van der Waals surface area contributed by atoms with Crippen molar-refractivity contribution in [2.75, 3.05) is 17.7 Å². The SMILES string of the molecule is CC(C)(C)c1ccccc1NC(=O)COC(=O)c1ccc(Cl)c(N)c1. The fraction of sp³-hybridized carbons (Fsp3) is 0.263. The maximum Gasteiger partial charge on any atom is 0.338 e. The molecule has 0 spiro atoms. The maximum atomic E-state index is 12.1. The van der Waals surface area contributed by atoms with Crippen molar-refractivity contribution in [3.8, 4) is 0 Å². The third-order valence-electron chi connectivity index (χ3n) is 3.58. The number of nitrogen functional groups attached to an aromatic ring is 1. The zero-order chi connectivity index (χ0) is 18.6. The Morgan fingerprint density at radius 1 is 1.16 bits per heavy atom. The van der Waals surface area contributed by atoms with Crippen LogP contribution in [0.15, 0.2) is 42.5 Å². The second-order valence-corrected chi connectivity index (χ2v) is 7.06. The first-order chi connectivity index (χ1) is 11.7.